The second-order valence-electron chi connectivity index (χ2n) is 5.12. The van der Waals surface area contributed by atoms with E-state index in [-0.39, 0.29) is 0 Å². The maximum atomic E-state index is 3.57. The van der Waals surface area contributed by atoms with Crippen LogP contribution < -0.4 is 10.6 Å². The molecule has 1 aliphatic rings. The van der Waals surface area contributed by atoms with Crippen LogP contribution in [0.1, 0.15) is 24.0 Å². The number of rotatable bonds is 6. The number of aryl methyl sites for hydroxylation is 1. The van der Waals surface area contributed by atoms with Crippen molar-refractivity contribution in [1.29, 1.82) is 0 Å². The summed E-state index contributed by atoms with van der Waals surface area (Å²) in [5.74, 6) is 0. The summed E-state index contributed by atoms with van der Waals surface area (Å²) in [7, 11) is 2.04. The normalized spacial score (nSPS) is 17.4. The average molecular weight is 218 g/mol. The van der Waals surface area contributed by atoms with Crippen LogP contribution >= 0.6 is 0 Å². The highest BCUT2D eigenvalue weighted by molar-refractivity contribution is 5.21. The molecule has 1 aromatic rings. The molecule has 2 nitrogen and oxygen atoms in total. The van der Waals surface area contributed by atoms with Gasteiger partial charge < -0.3 is 10.6 Å². The van der Waals surface area contributed by atoms with Crippen molar-refractivity contribution in [1.82, 2.24) is 10.6 Å². The fraction of sp³-hybridized carbons (Fsp3) is 0.571. The van der Waals surface area contributed by atoms with E-state index in [1.165, 1.54) is 24.0 Å². The Morgan fingerprint density at radius 2 is 1.81 bits per heavy atom. The molecule has 16 heavy (non-hydrogen) atoms. The minimum absolute atomic E-state index is 0.555. The number of nitrogens with one attached hydrogen (secondary N) is 2. The zero-order valence-corrected chi connectivity index (χ0v) is 10.3. The van der Waals surface area contributed by atoms with Crippen molar-refractivity contribution < 1.29 is 0 Å². The zero-order valence-electron chi connectivity index (χ0n) is 10.3. The predicted molar refractivity (Wildman–Crippen MR) is 68.5 cm³/mol. The first-order valence-corrected chi connectivity index (χ1v) is 6.15. The highest BCUT2D eigenvalue weighted by Gasteiger charge is 2.41. The van der Waals surface area contributed by atoms with Gasteiger partial charge in [-0.25, -0.2) is 0 Å². The number of hydrogen-bond acceptors (Lipinski definition) is 2. The van der Waals surface area contributed by atoms with Gasteiger partial charge in [-0.15, -0.1) is 0 Å². The van der Waals surface area contributed by atoms with E-state index in [4.69, 9.17) is 0 Å². The molecule has 0 unspecified atom stereocenters. The number of hydrogen-bond donors (Lipinski definition) is 2. The Morgan fingerprint density at radius 1 is 1.12 bits per heavy atom. The summed E-state index contributed by atoms with van der Waals surface area (Å²) in [4.78, 5) is 0. The van der Waals surface area contributed by atoms with Gasteiger partial charge in [-0.1, -0.05) is 29.8 Å². The van der Waals surface area contributed by atoms with Gasteiger partial charge in [0, 0.05) is 19.6 Å². The lowest BCUT2D eigenvalue weighted by molar-refractivity contribution is 0.438. The van der Waals surface area contributed by atoms with Crippen molar-refractivity contribution in [2.75, 3.05) is 20.1 Å². The van der Waals surface area contributed by atoms with Gasteiger partial charge in [0.05, 0.1) is 0 Å². The van der Waals surface area contributed by atoms with E-state index in [2.05, 4.69) is 41.8 Å². The van der Waals surface area contributed by atoms with E-state index >= 15 is 0 Å². The van der Waals surface area contributed by atoms with Crippen molar-refractivity contribution in [2.45, 2.75) is 26.3 Å². The molecule has 0 saturated heterocycles. The summed E-state index contributed by atoms with van der Waals surface area (Å²) in [5.41, 5.74) is 3.27. The van der Waals surface area contributed by atoms with E-state index in [9.17, 15) is 0 Å². The highest BCUT2D eigenvalue weighted by atomic mass is 14.9. The van der Waals surface area contributed by atoms with E-state index in [0.717, 1.165) is 19.6 Å². The molecule has 2 N–H and O–H groups in total. The fourth-order valence-corrected chi connectivity index (χ4v) is 2.15. The fourth-order valence-electron chi connectivity index (χ4n) is 2.15. The summed E-state index contributed by atoms with van der Waals surface area (Å²) in [6.07, 6.45) is 2.74. The van der Waals surface area contributed by atoms with Crippen LogP contribution in [0.4, 0.5) is 0 Å². The molecule has 0 amide bonds. The van der Waals surface area contributed by atoms with Crippen LogP contribution in [-0.4, -0.2) is 20.1 Å². The molecule has 1 aromatic carbocycles. The van der Waals surface area contributed by atoms with Crippen LogP contribution in [0.3, 0.4) is 0 Å². The van der Waals surface area contributed by atoms with Crippen molar-refractivity contribution in [3.05, 3.63) is 35.4 Å². The lowest BCUT2D eigenvalue weighted by Crippen LogP contribution is -2.30. The largest absolute Gasteiger partial charge is 0.319 e. The minimum Gasteiger partial charge on any atom is -0.319 e. The van der Waals surface area contributed by atoms with Crippen molar-refractivity contribution >= 4 is 0 Å². The van der Waals surface area contributed by atoms with Crippen LogP contribution in [0.5, 0.6) is 0 Å². The molecule has 2 rings (SSSR count). The molecule has 2 heteroatoms. The maximum Gasteiger partial charge on any atom is 0.0205 e. The van der Waals surface area contributed by atoms with Crippen LogP contribution in [0, 0.1) is 12.3 Å². The quantitative estimate of drug-likeness (QED) is 0.764. The lowest BCUT2D eigenvalue weighted by atomic mass is 10.1. The van der Waals surface area contributed by atoms with Crippen LogP contribution in [0.2, 0.25) is 0 Å². The smallest absolute Gasteiger partial charge is 0.0205 e. The van der Waals surface area contributed by atoms with Crippen molar-refractivity contribution in [3.63, 3.8) is 0 Å². The third kappa shape index (κ3) is 3.06. The SMILES string of the molecule is CNCC1(CNCc2ccc(C)cc2)CC1. The predicted octanol–water partition coefficient (Wildman–Crippen LogP) is 2.08. The van der Waals surface area contributed by atoms with Gasteiger partial charge in [0.1, 0.15) is 0 Å². The first kappa shape index (κ1) is 11.6. The van der Waals surface area contributed by atoms with E-state index in [1.54, 1.807) is 0 Å². The summed E-state index contributed by atoms with van der Waals surface area (Å²) < 4.78 is 0. The van der Waals surface area contributed by atoms with Gasteiger partial charge in [0.25, 0.3) is 0 Å². The van der Waals surface area contributed by atoms with E-state index in [1.807, 2.05) is 7.05 Å². The second kappa shape index (κ2) is 4.98. The second-order valence-corrected chi connectivity index (χ2v) is 5.12. The first-order chi connectivity index (χ1) is 7.74. The molecule has 88 valence electrons. The molecule has 0 radical (unpaired) electrons. The summed E-state index contributed by atoms with van der Waals surface area (Å²) in [6, 6.07) is 8.77. The highest BCUT2D eigenvalue weighted by Crippen LogP contribution is 2.44. The molecule has 0 bridgehead atoms. The average Bonchev–Trinajstić information content (AvgIpc) is 3.02. The molecule has 0 spiro atoms. The number of benzene rings is 1. The molecule has 0 aliphatic heterocycles. The Morgan fingerprint density at radius 3 is 2.38 bits per heavy atom. The Balaban J connectivity index is 1.74. The Kier molecular flexibility index (Phi) is 3.62. The third-order valence-corrected chi connectivity index (χ3v) is 3.46. The Bertz CT molecular complexity index is 325. The van der Waals surface area contributed by atoms with Gasteiger partial charge in [0.15, 0.2) is 0 Å². The Hall–Kier alpha value is -0.860. The summed E-state index contributed by atoms with van der Waals surface area (Å²) in [6.45, 7) is 5.41. The van der Waals surface area contributed by atoms with Gasteiger partial charge >= 0.3 is 0 Å². The van der Waals surface area contributed by atoms with Gasteiger partial charge in [0.2, 0.25) is 0 Å². The molecular formula is C14H22N2. The molecule has 0 heterocycles. The summed E-state index contributed by atoms with van der Waals surface area (Å²) >= 11 is 0. The maximum absolute atomic E-state index is 3.57. The standard InChI is InChI=1S/C14H22N2/c1-12-3-5-13(6-4-12)9-16-11-14(7-8-14)10-15-2/h3-6,15-16H,7-11H2,1-2H3. The third-order valence-electron chi connectivity index (χ3n) is 3.46. The van der Waals surface area contributed by atoms with Gasteiger partial charge in [-0.2, -0.15) is 0 Å². The Labute approximate surface area is 98.4 Å². The minimum atomic E-state index is 0.555. The molecule has 1 aliphatic carbocycles. The zero-order chi connectivity index (χ0) is 11.4. The van der Waals surface area contributed by atoms with Gasteiger partial charge in [-0.3, -0.25) is 0 Å². The van der Waals surface area contributed by atoms with Gasteiger partial charge in [-0.05, 0) is 37.8 Å². The van der Waals surface area contributed by atoms with Crippen LogP contribution in [0.25, 0.3) is 0 Å². The lowest BCUT2D eigenvalue weighted by Gasteiger charge is -2.15. The van der Waals surface area contributed by atoms with Crippen LogP contribution in [-0.2, 0) is 6.54 Å². The molecule has 1 fully saturated rings. The van der Waals surface area contributed by atoms with Crippen LogP contribution in [0.15, 0.2) is 24.3 Å². The molecule has 0 atom stereocenters. The molecular weight excluding hydrogens is 196 g/mol. The summed E-state index contributed by atoms with van der Waals surface area (Å²) in [5, 5.41) is 6.86. The van der Waals surface area contributed by atoms with E-state index < -0.39 is 0 Å². The monoisotopic (exact) mass is 218 g/mol. The molecule has 1 saturated carbocycles. The van der Waals surface area contributed by atoms with E-state index in [0.29, 0.717) is 5.41 Å². The van der Waals surface area contributed by atoms with Crippen molar-refractivity contribution in [3.8, 4) is 0 Å². The first-order valence-electron chi connectivity index (χ1n) is 6.15. The topological polar surface area (TPSA) is 24.1 Å². The van der Waals surface area contributed by atoms with Crippen molar-refractivity contribution in [2.24, 2.45) is 5.41 Å². The molecule has 0 aromatic heterocycles.